The second kappa shape index (κ2) is 7.30. The third kappa shape index (κ3) is 3.60. The first-order chi connectivity index (χ1) is 13.1. The number of carbonyl (C=O) groups excluding carboxylic acids is 2. The van der Waals surface area contributed by atoms with Crippen LogP contribution < -0.4 is 9.80 Å². The first-order valence-corrected chi connectivity index (χ1v) is 8.98. The Balaban J connectivity index is 1.36. The lowest BCUT2D eigenvalue weighted by Crippen LogP contribution is -2.51. The normalized spacial score (nSPS) is 20.3. The molecule has 0 radical (unpaired) electrons. The minimum Gasteiger partial charge on any atom is -0.339 e. The Morgan fingerprint density at radius 2 is 1.70 bits per heavy atom. The van der Waals surface area contributed by atoms with Crippen LogP contribution in [0, 0.1) is 11.7 Å². The van der Waals surface area contributed by atoms with Crippen LogP contribution in [-0.4, -0.2) is 59.4 Å². The van der Waals surface area contributed by atoms with Crippen molar-refractivity contribution in [1.82, 2.24) is 14.9 Å². The SMILES string of the molecule is O=C(C1CC(=O)N(c2ccc(F)cc2)C1)N1CCN(c2ncccn2)CC1. The molecule has 1 atom stereocenters. The van der Waals surface area contributed by atoms with E-state index in [1.807, 2.05) is 4.90 Å². The van der Waals surface area contributed by atoms with Gasteiger partial charge in [0.15, 0.2) is 0 Å². The smallest absolute Gasteiger partial charge is 0.228 e. The van der Waals surface area contributed by atoms with Crippen molar-refractivity contribution < 1.29 is 14.0 Å². The molecular formula is C19H20FN5O2. The highest BCUT2D eigenvalue weighted by Crippen LogP contribution is 2.27. The number of nitrogens with zero attached hydrogens (tertiary/aromatic N) is 5. The number of benzene rings is 1. The van der Waals surface area contributed by atoms with Gasteiger partial charge in [-0.3, -0.25) is 9.59 Å². The van der Waals surface area contributed by atoms with Crippen molar-refractivity contribution in [3.8, 4) is 0 Å². The highest BCUT2D eigenvalue weighted by atomic mass is 19.1. The molecule has 0 N–H and O–H groups in total. The van der Waals surface area contributed by atoms with Gasteiger partial charge in [-0.2, -0.15) is 0 Å². The zero-order chi connectivity index (χ0) is 18.8. The summed E-state index contributed by atoms with van der Waals surface area (Å²) in [5.41, 5.74) is 0.628. The van der Waals surface area contributed by atoms with Gasteiger partial charge in [-0.1, -0.05) is 0 Å². The number of aromatic nitrogens is 2. The summed E-state index contributed by atoms with van der Waals surface area (Å²) in [6, 6.07) is 7.55. The van der Waals surface area contributed by atoms with Crippen LogP contribution in [0.3, 0.4) is 0 Å². The third-order valence-electron chi connectivity index (χ3n) is 5.04. The molecule has 3 heterocycles. The molecule has 2 amide bonds. The quantitative estimate of drug-likeness (QED) is 0.816. The Morgan fingerprint density at radius 1 is 1.04 bits per heavy atom. The van der Waals surface area contributed by atoms with E-state index in [-0.39, 0.29) is 30.0 Å². The number of amides is 2. The van der Waals surface area contributed by atoms with Crippen molar-refractivity contribution in [2.24, 2.45) is 5.92 Å². The van der Waals surface area contributed by atoms with E-state index < -0.39 is 0 Å². The van der Waals surface area contributed by atoms with Crippen LogP contribution in [0.5, 0.6) is 0 Å². The maximum absolute atomic E-state index is 13.1. The summed E-state index contributed by atoms with van der Waals surface area (Å²) in [6.45, 7) is 2.83. The van der Waals surface area contributed by atoms with Gasteiger partial charge in [-0.15, -0.1) is 0 Å². The Morgan fingerprint density at radius 3 is 2.37 bits per heavy atom. The molecule has 1 aromatic carbocycles. The van der Waals surface area contributed by atoms with E-state index in [2.05, 4.69) is 14.9 Å². The molecular weight excluding hydrogens is 349 g/mol. The minimum absolute atomic E-state index is 0.00147. The maximum atomic E-state index is 13.1. The Labute approximate surface area is 156 Å². The minimum atomic E-state index is -0.359. The van der Waals surface area contributed by atoms with E-state index in [0.717, 1.165) is 0 Å². The summed E-state index contributed by atoms with van der Waals surface area (Å²) >= 11 is 0. The van der Waals surface area contributed by atoms with Gasteiger partial charge in [0.2, 0.25) is 17.8 Å². The lowest BCUT2D eigenvalue weighted by molar-refractivity contribution is -0.136. The van der Waals surface area contributed by atoms with Crippen LogP contribution in [0.1, 0.15) is 6.42 Å². The largest absolute Gasteiger partial charge is 0.339 e. The zero-order valence-electron chi connectivity index (χ0n) is 14.8. The fourth-order valence-electron chi connectivity index (χ4n) is 3.58. The molecule has 7 nitrogen and oxygen atoms in total. The number of piperazine rings is 1. The molecule has 2 aliphatic rings. The maximum Gasteiger partial charge on any atom is 0.228 e. The Kier molecular flexibility index (Phi) is 4.70. The summed E-state index contributed by atoms with van der Waals surface area (Å²) in [5, 5.41) is 0. The van der Waals surface area contributed by atoms with Gasteiger partial charge in [-0.05, 0) is 30.3 Å². The van der Waals surface area contributed by atoms with Crippen molar-refractivity contribution >= 4 is 23.5 Å². The molecule has 140 valence electrons. The number of hydrogen-bond donors (Lipinski definition) is 0. The molecule has 0 bridgehead atoms. The van der Waals surface area contributed by atoms with E-state index >= 15 is 0 Å². The number of hydrogen-bond acceptors (Lipinski definition) is 5. The molecule has 0 saturated carbocycles. The number of halogens is 1. The summed E-state index contributed by atoms with van der Waals surface area (Å²) in [6.07, 6.45) is 3.60. The van der Waals surface area contributed by atoms with E-state index in [9.17, 15) is 14.0 Å². The van der Waals surface area contributed by atoms with Crippen molar-refractivity contribution in [1.29, 1.82) is 0 Å². The fourth-order valence-corrected chi connectivity index (χ4v) is 3.58. The highest BCUT2D eigenvalue weighted by molar-refractivity contribution is 6.00. The van der Waals surface area contributed by atoms with Gasteiger partial charge < -0.3 is 14.7 Å². The fraction of sp³-hybridized carbons (Fsp3) is 0.368. The van der Waals surface area contributed by atoms with Gasteiger partial charge in [-0.25, -0.2) is 14.4 Å². The molecule has 2 aromatic rings. The van der Waals surface area contributed by atoms with Gasteiger partial charge in [0, 0.05) is 57.2 Å². The molecule has 4 rings (SSSR count). The summed E-state index contributed by atoms with van der Waals surface area (Å²) in [7, 11) is 0. The topological polar surface area (TPSA) is 69.6 Å². The molecule has 2 saturated heterocycles. The van der Waals surface area contributed by atoms with Gasteiger partial charge in [0.1, 0.15) is 5.82 Å². The van der Waals surface area contributed by atoms with Crippen molar-refractivity contribution in [3.63, 3.8) is 0 Å². The summed E-state index contributed by atoms with van der Waals surface area (Å²) < 4.78 is 13.1. The first kappa shape index (κ1) is 17.4. The van der Waals surface area contributed by atoms with Crippen LogP contribution >= 0.6 is 0 Å². The standard InChI is InChI=1S/C19H20FN5O2/c20-15-2-4-16(5-3-15)25-13-14(12-17(25)26)18(27)23-8-10-24(11-9-23)19-21-6-1-7-22-19/h1-7,14H,8-13H2. The Bertz CT molecular complexity index is 822. The van der Waals surface area contributed by atoms with Crippen LogP contribution in [0.15, 0.2) is 42.7 Å². The predicted molar refractivity (Wildman–Crippen MR) is 97.7 cm³/mol. The van der Waals surface area contributed by atoms with E-state index in [4.69, 9.17) is 0 Å². The Hall–Kier alpha value is -3.03. The highest BCUT2D eigenvalue weighted by Gasteiger charge is 2.38. The average molecular weight is 369 g/mol. The zero-order valence-corrected chi connectivity index (χ0v) is 14.8. The molecule has 27 heavy (non-hydrogen) atoms. The third-order valence-corrected chi connectivity index (χ3v) is 5.04. The van der Waals surface area contributed by atoms with E-state index in [1.54, 1.807) is 35.5 Å². The first-order valence-electron chi connectivity index (χ1n) is 8.98. The van der Waals surface area contributed by atoms with Crippen molar-refractivity contribution in [2.75, 3.05) is 42.5 Å². The van der Waals surface area contributed by atoms with Gasteiger partial charge >= 0.3 is 0 Å². The van der Waals surface area contributed by atoms with Crippen LogP contribution in [-0.2, 0) is 9.59 Å². The van der Waals surface area contributed by atoms with Crippen molar-refractivity contribution in [3.05, 3.63) is 48.5 Å². The van der Waals surface area contributed by atoms with Gasteiger partial charge in [0.05, 0.1) is 5.92 Å². The lowest BCUT2D eigenvalue weighted by Gasteiger charge is -2.35. The van der Waals surface area contributed by atoms with Crippen molar-refractivity contribution in [2.45, 2.75) is 6.42 Å². The molecule has 2 aliphatic heterocycles. The summed E-state index contributed by atoms with van der Waals surface area (Å²) in [4.78, 5) is 39.1. The van der Waals surface area contributed by atoms with Crippen LogP contribution in [0.2, 0.25) is 0 Å². The molecule has 0 aliphatic carbocycles. The lowest BCUT2D eigenvalue weighted by atomic mass is 10.1. The number of anilines is 2. The predicted octanol–water partition coefficient (Wildman–Crippen LogP) is 1.32. The van der Waals surface area contributed by atoms with E-state index in [0.29, 0.717) is 44.4 Å². The number of carbonyl (C=O) groups is 2. The second-order valence-electron chi connectivity index (χ2n) is 6.74. The summed E-state index contributed by atoms with van der Waals surface area (Å²) in [5.74, 6) is -0.138. The molecule has 2 fully saturated rings. The van der Waals surface area contributed by atoms with Crippen LogP contribution in [0.4, 0.5) is 16.0 Å². The van der Waals surface area contributed by atoms with Gasteiger partial charge in [0.25, 0.3) is 0 Å². The van der Waals surface area contributed by atoms with E-state index in [1.165, 1.54) is 12.1 Å². The molecule has 8 heteroatoms. The number of rotatable bonds is 3. The second-order valence-corrected chi connectivity index (χ2v) is 6.74. The molecule has 1 aromatic heterocycles. The monoisotopic (exact) mass is 369 g/mol. The average Bonchev–Trinajstić information content (AvgIpc) is 3.10. The van der Waals surface area contributed by atoms with Crippen LogP contribution in [0.25, 0.3) is 0 Å². The molecule has 0 spiro atoms. The molecule has 1 unspecified atom stereocenters.